The van der Waals surface area contributed by atoms with Crippen molar-refractivity contribution in [3.63, 3.8) is 0 Å². The van der Waals surface area contributed by atoms with Gasteiger partial charge in [-0.2, -0.15) is 0 Å². The highest BCUT2D eigenvalue weighted by Gasteiger charge is 2.12. The van der Waals surface area contributed by atoms with Gasteiger partial charge in [0.05, 0.1) is 5.75 Å². The van der Waals surface area contributed by atoms with E-state index in [2.05, 4.69) is 10.6 Å². The largest absolute Gasteiger partial charge is 0.351 e. The number of anilines is 1. The van der Waals surface area contributed by atoms with E-state index in [1.807, 2.05) is 19.1 Å². The van der Waals surface area contributed by atoms with Crippen LogP contribution in [0.2, 0.25) is 0 Å². The molecule has 0 unspecified atom stereocenters. The van der Waals surface area contributed by atoms with Gasteiger partial charge in [0.1, 0.15) is 15.7 Å². The van der Waals surface area contributed by atoms with E-state index in [0.717, 1.165) is 30.4 Å². The zero-order valence-corrected chi connectivity index (χ0v) is 15.9. The highest BCUT2D eigenvalue weighted by atomic mass is 32.2. The molecule has 2 N–H and O–H groups in total. The molecule has 0 fully saturated rings. The number of amides is 2. The third kappa shape index (κ3) is 6.49. The fourth-order valence-electron chi connectivity index (χ4n) is 2.34. The van der Waals surface area contributed by atoms with E-state index in [1.54, 1.807) is 12.1 Å². The lowest BCUT2D eigenvalue weighted by Gasteiger charge is -2.09. The molecule has 8 heteroatoms. The molecule has 0 heterocycles. The Kier molecular flexibility index (Phi) is 6.68. The maximum atomic E-state index is 13.8. The second-order valence-electron chi connectivity index (χ2n) is 6.12. The number of nitrogens with one attached hydrogen (secondary N) is 2. The van der Waals surface area contributed by atoms with Gasteiger partial charge in [-0.25, -0.2) is 12.8 Å². The summed E-state index contributed by atoms with van der Waals surface area (Å²) < 4.78 is 36.0. The molecule has 0 saturated heterocycles. The molecule has 2 rings (SSSR count). The Morgan fingerprint density at radius 2 is 1.67 bits per heavy atom. The topological polar surface area (TPSA) is 92.3 Å². The van der Waals surface area contributed by atoms with Gasteiger partial charge in [0.25, 0.3) is 11.8 Å². The second kappa shape index (κ2) is 8.77. The van der Waals surface area contributed by atoms with Gasteiger partial charge in [0.15, 0.2) is 0 Å². The third-order valence-electron chi connectivity index (χ3n) is 3.80. The van der Waals surface area contributed by atoms with Crippen molar-refractivity contribution in [3.8, 4) is 0 Å². The highest BCUT2D eigenvalue weighted by Crippen LogP contribution is 2.16. The van der Waals surface area contributed by atoms with Crippen LogP contribution in [0, 0.1) is 5.82 Å². The Labute approximate surface area is 157 Å². The van der Waals surface area contributed by atoms with Crippen molar-refractivity contribution in [1.82, 2.24) is 5.32 Å². The van der Waals surface area contributed by atoms with Gasteiger partial charge >= 0.3 is 0 Å². The van der Waals surface area contributed by atoms with Crippen molar-refractivity contribution in [3.05, 3.63) is 65.0 Å². The lowest BCUT2D eigenvalue weighted by Crippen LogP contribution is -2.29. The van der Waals surface area contributed by atoms with Gasteiger partial charge in [-0.3, -0.25) is 9.59 Å². The minimum absolute atomic E-state index is 0.0138. The standard InChI is InChI=1S/C19H21FN2O4S/c1-3-13-4-6-14(7-5-13)19(24)22-17-11-15(10-16(20)12-17)18(23)21-8-9-27(2,25)26/h4-7,10-12H,3,8-9H2,1-2H3,(H,21,23)(H,22,24). The first-order valence-corrected chi connectivity index (χ1v) is 10.4. The number of aryl methyl sites for hydroxylation is 1. The van der Waals surface area contributed by atoms with Crippen LogP contribution in [0.5, 0.6) is 0 Å². The fraction of sp³-hybridized carbons (Fsp3) is 0.263. The van der Waals surface area contributed by atoms with Crippen LogP contribution in [-0.2, 0) is 16.3 Å². The summed E-state index contributed by atoms with van der Waals surface area (Å²) in [5, 5.41) is 4.97. The summed E-state index contributed by atoms with van der Waals surface area (Å²) in [5.74, 6) is -1.96. The fourth-order valence-corrected chi connectivity index (χ4v) is 2.81. The van der Waals surface area contributed by atoms with E-state index in [4.69, 9.17) is 0 Å². The molecule has 144 valence electrons. The lowest BCUT2D eigenvalue weighted by atomic mass is 10.1. The maximum absolute atomic E-state index is 13.8. The summed E-state index contributed by atoms with van der Waals surface area (Å²) in [7, 11) is -3.22. The molecular weight excluding hydrogens is 371 g/mol. The second-order valence-corrected chi connectivity index (χ2v) is 8.38. The van der Waals surface area contributed by atoms with E-state index in [9.17, 15) is 22.4 Å². The van der Waals surface area contributed by atoms with Crippen LogP contribution in [0.25, 0.3) is 0 Å². The lowest BCUT2D eigenvalue weighted by molar-refractivity contribution is 0.0954. The summed E-state index contributed by atoms with van der Waals surface area (Å²) in [4.78, 5) is 24.4. The molecule has 0 bridgehead atoms. The summed E-state index contributed by atoms with van der Waals surface area (Å²) >= 11 is 0. The first-order chi connectivity index (χ1) is 12.7. The van der Waals surface area contributed by atoms with Crippen molar-refractivity contribution >= 4 is 27.3 Å². The molecule has 2 aromatic rings. The smallest absolute Gasteiger partial charge is 0.255 e. The minimum Gasteiger partial charge on any atom is -0.351 e. The number of halogens is 1. The van der Waals surface area contributed by atoms with Gasteiger partial charge in [-0.1, -0.05) is 19.1 Å². The Hall–Kier alpha value is -2.74. The minimum atomic E-state index is -3.22. The Morgan fingerprint density at radius 1 is 1.00 bits per heavy atom. The Morgan fingerprint density at radius 3 is 2.26 bits per heavy atom. The molecule has 0 radical (unpaired) electrons. The predicted molar refractivity (Wildman–Crippen MR) is 102 cm³/mol. The summed E-state index contributed by atoms with van der Waals surface area (Å²) in [6.07, 6.45) is 1.91. The quantitative estimate of drug-likeness (QED) is 0.757. The average Bonchev–Trinajstić information content (AvgIpc) is 2.60. The number of carbonyl (C=O) groups is 2. The molecule has 6 nitrogen and oxygen atoms in total. The predicted octanol–water partition coefficient (Wildman–Crippen LogP) is 2.41. The van der Waals surface area contributed by atoms with Crippen molar-refractivity contribution in [2.75, 3.05) is 23.9 Å². The van der Waals surface area contributed by atoms with Crippen LogP contribution in [0.15, 0.2) is 42.5 Å². The molecule has 0 aliphatic rings. The maximum Gasteiger partial charge on any atom is 0.255 e. The Bertz CT molecular complexity index is 941. The van der Waals surface area contributed by atoms with Crippen molar-refractivity contribution in [1.29, 1.82) is 0 Å². The van der Waals surface area contributed by atoms with Crippen LogP contribution in [0.3, 0.4) is 0 Å². The zero-order valence-electron chi connectivity index (χ0n) is 15.1. The molecule has 0 saturated carbocycles. The van der Waals surface area contributed by atoms with Gasteiger partial charge in [0.2, 0.25) is 0 Å². The summed E-state index contributed by atoms with van der Waals surface area (Å²) in [6, 6.07) is 10.5. The number of benzene rings is 2. The zero-order chi connectivity index (χ0) is 20.0. The van der Waals surface area contributed by atoms with E-state index in [1.165, 1.54) is 6.07 Å². The van der Waals surface area contributed by atoms with Crippen molar-refractivity contribution < 1.29 is 22.4 Å². The molecule has 0 aliphatic heterocycles. The van der Waals surface area contributed by atoms with Crippen molar-refractivity contribution in [2.45, 2.75) is 13.3 Å². The van der Waals surface area contributed by atoms with Gasteiger partial charge in [0, 0.05) is 29.6 Å². The van der Waals surface area contributed by atoms with Crippen LogP contribution < -0.4 is 10.6 Å². The third-order valence-corrected chi connectivity index (χ3v) is 4.75. The molecule has 27 heavy (non-hydrogen) atoms. The summed E-state index contributed by atoms with van der Waals surface area (Å²) in [6.45, 7) is 1.92. The number of rotatable bonds is 7. The van der Waals surface area contributed by atoms with Crippen LogP contribution >= 0.6 is 0 Å². The number of sulfone groups is 1. The molecule has 0 aromatic heterocycles. The first-order valence-electron chi connectivity index (χ1n) is 8.35. The normalized spacial score (nSPS) is 11.1. The number of hydrogen-bond acceptors (Lipinski definition) is 4. The van der Waals surface area contributed by atoms with E-state index in [-0.39, 0.29) is 23.5 Å². The molecule has 2 amide bonds. The SMILES string of the molecule is CCc1ccc(C(=O)Nc2cc(F)cc(C(=O)NCCS(C)(=O)=O)c2)cc1. The van der Waals surface area contributed by atoms with E-state index < -0.39 is 27.5 Å². The van der Waals surface area contributed by atoms with Crippen LogP contribution in [-0.4, -0.2) is 38.8 Å². The monoisotopic (exact) mass is 392 g/mol. The number of hydrogen-bond donors (Lipinski definition) is 2. The van der Waals surface area contributed by atoms with Gasteiger partial charge < -0.3 is 10.6 Å². The number of carbonyl (C=O) groups excluding carboxylic acids is 2. The van der Waals surface area contributed by atoms with Gasteiger partial charge in [-0.05, 0) is 42.3 Å². The summed E-state index contributed by atoms with van der Waals surface area (Å²) in [5.41, 5.74) is 1.62. The van der Waals surface area contributed by atoms with Crippen LogP contribution in [0.1, 0.15) is 33.2 Å². The molecular formula is C19H21FN2O4S. The van der Waals surface area contributed by atoms with Crippen molar-refractivity contribution in [2.24, 2.45) is 0 Å². The molecule has 0 aliphatic carbocycles. The van der Waals surface area contributed by atoms with E-state index in [0.29, 0.717) is 5.56 Å². The van der Waals surface area contributed by atoms with Gasteiger partial charge in [-0.15, -0.1) is 0 Å². The average molecular weight is 392 g/mol. The van der Waals surface area contributed by atoms with E-state index >= 15 is 0 Å². The first kappa shape index (κ1) is 20.6. The molecule has 0 spiro atoms. The molecule has 2 aromatic carbocycles. The Balaban J connectivity index is 2.09. The highest BCUT2D eigenvalue weighted by molar-refractivity contribution is 7.90. The van der Waals surface area contributed by atoms with Crippen LogP contribution in [0.4, 0.5) is 10.1 Å². The molecule has 0 atom stereocenters.